The summed E-state index contributed by atoms with van der Waals surface area (Å²) in [6, 6.07) is 12.9. The van der Waals surface area contributed by atoms with Gasteiger partial charge < -0.3 is 20.1 Å². The monoisotopic (exact) mass is 360 g/mol. The number of rotatable bonds is 8. The van der Waals surface area contributed by atoms with Crippen molar-refractivity contribution in [2.75, 3.05) is 20.3 Å². The summed E-state index contributed by atoms with van der Waals surface area (Å²) in [4.78, 5) is 23.6. The fourth-order valence-corrected chi connectivity index (χ4v) is 2.22. The number of hydrogen-bond acceptors (Lipinski definition) is 4. The van der Waals surface area contributed by atoms with Crippen LogP contribution in [0.1, 0.15) is 18.5 Å². The maximum Gasteiger partial charge on any atom is 0.258 e. The van der Waals surface area contributed by atoms with Crippen LogP contribution in [0.3, 0.4) is 0 Å². The summed E-state index contributed by atoms with van der Waals surface area (Å²) in [5, 5.41) is 5.16. The van der Waals surface area contributed by atoms with E-state index in [2.05, 4.69) is 10.6 Å². The summed E-state index contributed by atoms with van der Waals surface area (Å²) in [7, 11) is 1.38. The highest BCUT2D eigenvalue weighted by molar-refractivity contribution is 5.85. The number of carbonyl (C=O) groups excluding carboxylic acids is 2. The molecule has 0 saturated heterocycles. The second-order valence-corrected chi connectivity index (χ2v) is 5.56. The Morgan fingerprint density at radius 1 is 1.12 bits per heavy atom. The zero-order valence-corrected chi connectivity index (χ0v) is 14.6. The molecule has 2 aromatic rings. The minimum Gasteiger partial charge on any atom is -0.494 e. The van der Waals surface area contributed by atoms with Gasteiger partial charge in [-0.05, 0) is 36.8 Å². The summed E-state index contributed by atoms with van der Waals surface area (Å²) in [5.74, 6) is -0.591. The van der Waals surface area contributed by atoms with Crippen LogP contribution < -0.4 is 20.1 Å². The van der Waals surface area contributed by atoms with Gasteiger partial charge in [-0.15, -0.1) is 0 Å². The average molecular weight is 360 g/mol. The van der Waals surface area contributed by atoms with Gasteiger partial charge in [-0.1, -0.05) is 24.3 Å². The lowest BCUT2D eigenvalue weighted by molar-refractivity contribution is -0.127. The number of para-hydroxylation sites is 1. The van der Waals surface area contributed by atoms with Gasteiger partial charge in [0.2, 0.25) is 5.91 Å². The summed E-state index contributed by atoms with van der Waals surface area (Å²) >= 11 is 0. The van der Waals surface area contributed by atoms with Gasteiger partial charge >= 0.3 is 0 Å². The number of amides is 2. The summed E-state index contributed by atoms with van der Waals surface area (Å²) < 4.78 is 23.9. The van der Waals surface area contributed by atoms with Crippen molar-refractivity contribution in [2.45, 2.75) is 13.0 Å². The van der Waals surface area contributed by atoms with Crippen LogP contribution in [0.2, 0.25) is 0 Å². The largest absolute Gasteiger partial charge is 0.494 e. The SMILES string of the molecule is COc1ccc([C@@H](C)NC(=O)CNC(=O)COc2ccccc2)cc1F. The minimum absolute atomic E-state index is 0.137. The Bertz CT molecular complexity index is 752. The molecule has 1 atom stereocenters. The molecule has 0 aliphatic rings. The summed E-state index contributed by atoms with van der Waals surface area (Å²) in [5.41, 5.74) is 0.593. The molecule has 138 valence electrons. The Balaban J connectivity index is 1.75. The van der Waals surface area contributed by atoms with Gasteiger partial charge in [-0.3, -0.25) is 9.59 Å². The van der Waals surface area contributed by atoms with E-state index >= 15 is 0 Å². The average Bonchev–Trinajstić information content (AvgIpc) is 2.65. The third-order valence-corrected chi connectivity index (χ3v) is 3.61. The molecule has 0 aliphatic carbocycles. The number of benzene rings is 2. The van der Waals surface area contributed by atoms with Crippen molar-refractivity contribution in [1.29, 1.82) is 0 Å². The van der Waals surface area contributed by atoms with Crippen molar-refractivity contribution in [3.05, 3.63) is 59.9 Å². The second-order valence-electron chi connectivity index (χ2n) is 5.56. The van der Waals surface area contributed by atoms with E-state index in [1.54, 1.807) is 37.3 Å². The predicted molar refractivity (Wildman–Crippen MR) is 94.5 cm³/mol. The quantitative estimate of drug-likeness (QED) is 0.757. The summed E-state index contributed by atoms with van der Waals surface area (Å²) in [6.07, 6.45) is 0. The van der Waals surface area contributed by atoms with Crippen LogP contribution in [0, 0.1) is 5.82 Å². The van der Waals surface area contributed by atoms with E-state index in [1.807, 2.05) is 6.07 Å². The van der Waals surface area contributed by atoms with Gasteiger partial charge in [0, 0.05) is 0 Å². The Kier molecular flexibility index (Phi) is 6.96. The first-order valence-corrected chi connectivity index (χ1v) is 8.07. The number of ether oxygens (including phenoxy) is 2. The number of nitrogens with one attached hydrogen (secondary N) is 2. The van der Waals surface area contributed by atoms with E-state index in [1.165, 1.54) is 19.2 Å². The van der Waals surface area contributed by atoms with E-state index < -0.39 is 17.8 Å². The number of methoxy groups -OCH3 is 1. The van der Waals surface area contributed by atoms with Crippen LogP contribution >= 0.6 is 0 Å². The molecule has 6 nitrogen and oxygen atoms in total. The van der Waals surface area contributed by atoms with Crippen molar-refractivity contribution >= 4 is 11.8 Å². The fraction of sp³-hybridized carbons (Fsp3) is 0.263. The van der Waals surface area contributed by atoms with Gasteiger partial charge in [0.15, 0.2) is 18.2 Å². The Morgan fingerprint density at radius 3 is 2.50 bits per heavy atom. The molecule has 2 rings (SSSR count). The molecule has 0 heterocycles. The molecular formula is C19H21FN2O4. The third-order valence-electron chi connectivity index (χ3n) is 3.61. The molecular weight excluding hydrogens is 339 g/mol. The maximum absolute atomic E-state index is 13.7. The highest BCUT2D eigenvalue weighted by atomic mass is 19.1. The van der Waals surface area contributed by atoms with Crippen LogP contribution in [0.5, 0.6) is 11.5 Å². The van der Waals surface area contributed by atoms with Gasteiger partial charge in [-0.2, -0.15) is 0 Å². The van der Waals surface area contributed by atoms with Crippen molar-refractivity contribution in [3.8, 4) is 11.5 Å². The molecule has 0 saturated carbocycles. The highest BCUT2D eigenvalue weighted by Crippen LogP contribution is 2.21. The van der Waals surface area contributed by atoms with E-state index in [0.29, 0.717) is 11.3 Å². The molecule has 2 amide bonds. The molecule has 26 heavy (non-hydrogen) atoms. The minimum atomic E-state index is -0.502. The molecule has 0 radical (unpaired) electrons. The van der Waals surface area contributed by atoms with E-state index in [0.717, 1.165) is 0 Å². The van der Waals surface area contributed by atoms with E-state index in [9.17, 15) is 14.0 Å². The van der Waals surface area contributed by atoms with Gasteiger partial charge in [0.25, 0.3) is 5.91 Å². The molecule has 7 heteroatoms. The fourth-order valence-electron chi connectivity index (χ4n) is 2.22. The lowest BCUT2D eigenvalue weighted by Gasteiger charge is -2.15. The molecule has 0 aliphatic heterocycles. The molecule has 0 fully saturated rings. The number of carbonyl (C=O) groups is 2. The molecule has 2 aromatic carbocycles. The standard InChI is InChI=1S/C19H21FN2O4/c1-13(14-8-9-17(25-2)16(20)10-14)22-18(23)11-21-19(24)12-26-15-6-4-3-5-7-15/h3-10,13H,11-12H2,1-2H3,(H,21,24)(H,22,23)/t13-/m1/s1. The number of halogens is 1. The van der Waals surface area contributed by atoms with Crippen LogP contribution in [-0.4, -0.2) is 32.1 Å². The van der Waals surface area contributed by atoms with Crippen molar-refractivity contribution < 1.29 is 23.5 Å². The Morgan fingerprint density at radius 2 is 1.85 bits per heavy atom. The maximum atomic E-state index is 13.7. The lowest BCUT2D eigenvalue weighted by Crippen LogP contribution is -2.39. The first kappa shape index (κ1) is 19.2. The van der Waals surface area contributed by atoms with Gasteiger partial charge in [-0.25, -0.2) is 4.39 Å². The molecule has 0 spiro atoms. The van der Waals surface area contributed by atoms with Crippen LogP contribution in [0.25, 0.3) is 0 Å². The Hall–Kier alpha value is -3.09. The highest BCUT2D eigenvalue weighted by Gasteiger charge is 2.13. The third kappa shape index (κ3) is 5.77. The normalized spacial score (nSPS) is 11.3. The van der Waals surface area contributed by atoms with Crippen molar-refractivity contribution in [3.63, 3.8) is 0 Å². The van der Waals surface area contributed by atoms with Crippen LogP contribution in [0.4, 0.5) is 4.39 Å². The van der Waals surface area contributed by atoms with Gasteiger partial charge in [0.05, 0.1) is 19.7 Å². The summed E-state index contributed by atoms with van der Waals surface area (Å²) in [6.45, 7) is 1.34. The smallest absolute Gasteiger partial charge is 0.258 e. The van der Waals surface area contributed by atoms with E-state index in [-0.39, 0.29) is 24.8 Å². The van der Waals surface area contributed by atoms with Gasteiger partial charge in [0.1, 0.15) is 5.75 Å². The molecule has 0 bridgehead atoms. The second kappa shape index (κ2) is 9.41. The Labute approximate surface area is 151 Å². The van der Waals surface area contributed by atoms with Crippen molar-refractivity contribution in [2.24, 2.45) is 0 Å². The topological polar surface area (TPSA) is 76.7 Å². The molecule has 0 unspecified atom stereocenters. The molecule has 2 N–H and O–H groups in total. The van der Waals surface area contributed by atoms with Crippen LogP contribution in [-0.2, 0) is 9.59 Å². The lowest BCUT2D eigenvalue weighted by atomic mass is 10.1. The zero-order valence-electron chi connectivity index (χ0n) is 14.6. The van der Waals surface area contributed by atoms with E-state index in [4.69, 9.17) is 9.47 Å². The number of hydrogen-bond donors (Lipinski definition) is 2. The first-order valence-electron chi connectivity index (χ1n) is 8.07. The predicted octanol–water partition coefficient (Wildman–Crippen LogP) is 2.21. The first-order chi connectivity index (χ1) is 12.5. The van der Waals surface area contributed by atoms with Crippen molar-refractivity contribution in [1.82, 2.24) is 10.6 Å². The molecule has 0 aromatic heterocycles. The van der Waals surface area contributed by atoms with Crippen LogP contribution in [0.15, 0.2) is 48.5 Å². The zero-order chi connectivity index (χ0) is 18.9.